The maximum absolute atomic E-state index is 13.0. The summed E-state index contributed by atoms with van der Waals surface area (Å²) in [6, 6.07) is 7.85. The van der Waals surface area contributed by atoms with E-state index in [2.05, 4.69) is 11.4 Å². The minimum absolute atomic E-state index is 0.124. The average molecular weight is 416 g/mol. The van der Waals surface area contributed by atoms with Crippen molar-refractivity contribution in [3.05, 3.63) is 51.5 Å². The molecule has 0 radical (unpaired) electrons. The van der Waals surface area contributed by atoms with Gasteiger partial charge in [-0.2, -0.15) is 0 Å². The van der Waals surface area contributed by atoms with Gasteiger partial charge in [0.05, 0.1) is 11.4 Å². The summed E-state index contributed by atoms with van der Waals surface area (Å²) in [6.45, 7) is 2.88. The maximum atomic E-state index is 13.0. The maximum Gasteiger partial charge on any atom is 0.264 e. The zero-order chi connectivity index (χ0) is 20.2. The number of nitrogens with one attached hydrogen (secondary N) is 1. The normalized spacial score (nSPS) is 17.5. The molecule has 2 aromatic rings. The number of carbonyl (C=O) groups excluding carboxylic acids is 2. The van der Waals surface area contributed by atoms with Crippen molar-refractivity contribution in [2.24, 2.45) is 0 Å². The summed E-state index contributed by atoms with van der Waals surface area (Å²) in [5.74, 6) is -0.331. The van der Waals surface area contributed by atoms with E-state index in [4.69, 9.17) is 0 Å². The van der Waals surface area contributed by atoms with Crippen molar-refractivity contribution < 1.29 is 14.0 Å². The van der Waals surface area contributed by atoms with Gasteiger partial charge in [-0.15, -0.1) is 11.3 Å². The van der Waals surface area contributed by atoms with E-state index in [-0.39, 0.29) is 24.2 Å². The van der Waals surface area contributed by atoms with Crippen LogP contribution in [0.2, 0.25) is 0 Å². The summed E-state index contributed by atoms with van der Waals surface area (Å²) in [5.41, 5.74) is 1.95. The number of thiophene rings is 1. The summed E-state index contributed by atoms with van der Waals surface area (Å²) < 4.78 is 13.0. The Balaban J connectivity index is 1.27. The van der Waals surface area contributed by atoms with Crippen LogP contribution in [0.15, 0.2) is 30.3 Å². The predicted molar refractivity (Wildman–Crippen MR) is 113 cm³/mol. The van der Waals surface area contributed by atoms with Crippen LogP contribution in [0.5, 0.6) is 0 Å². The third kappa shape index (κ3) is 5.03. The van der Waals surface area contributed by atoms with E-state index in [1.54, 1.807) is 23.5 Å². The van der Waals surface area contributed by atoms with E-state index < -0.39 is 0 Å². The number of amides is 2. The largest absolute Gasteiger partial charge is 0.335 e. The van der Waals surface area contributed by atoms with Crippen LogP contribution in [0.25, 0.3) is 0 Å². The predicted octanol–water partition coefficient (Wildman–Crippen LogP) is 3.55. The fraction of sp³-hybridized carbons (Fsp3) is 0.455. The first kappa shape index (κ1) is 20.0. The Labute approximate surface area is 174 Å². The molecule has 1 aliphatic heterocycles. The van der Waals surface area contributed by atoms with Crippen LogP contribution in [-0.2, 0) is 17.6 Å². The second-order valence-electron chi connectivity index (χ2n) is 7.74. The number of carbonyl (C=O) groups is 2. The Morgan fingerprint density at radius 1 is 1.00 bits per heavy atom. The highest BCUT2D eigenvalue weighted by Gasteiger charge is 2.25. The highest BCUT2D eigenvalue weighted by molar-refractivity contribution is 7.14. The van der Waals surface area contributed by atoms with Gasteiger partial charge in [-0.05, 0) is 61.6 Å². The van der Waals surface area contributed by atoms with Crippen molar-refractivity contribution in [3.8, 4) is 0 Å². The van der Waals surface area contributed by atoms with Crippen LogP contribution in [0.4, 0.5) is 10.1 Å². The van der Waals surface area contributed by atoms with E-state index in [9.17, 15) is 14.0 Å². The SMILES string of the molecule is O=C(CN1CCN(C(=O)c2cc3c(s2)CCCCC3)CC1)Nc1ccc(F)cc1. The van der Waals surface area contributed by atoms with Crippen LogP contribution in [0.3, 0.4) is 0 Å². The molecule has 1 aromatic heterocycles. The van der Waals surface area contributed by atoms with Gasteiger partial charge in [-0.25, -0.2) is 4.39 Å². The van der Waals surface area contributed by atoms with Crippen molar-refractivity contribution in [2.75, 3.05) is 38.0 Å². The molecular weight excluding hydrogens is 389 g/mol. The standard InChI is InChI=1S/C22H26FN3O2S/c23-17-6-8-18(9-7-17)24-21(27)15-25-10-12-26(13-11-25)22(28)20-14-16-4-2-1-3-5-19(16)29-20/h6-9,14H,1-5,10-13,15H2,(H,24,27). The molecule has 2 aliphatic rings. The van der Waals surface area contributed by atoms with Crippen LogP contribution in [-0.4, -0.2) is 54.3 Å². The molecule has 0 saturated carbocycles. The Morgan fingerprint density at radius 2 is 1.72 bits per heavy atom. The lowest BCUT2D eigenvalue weighted by atomic mass is 10.1. The number of benzene rings is 1. The van der Waals surface area contributed by atoms with Gasteiger partial charge in [0.1, 0.15) is 5.82 Å². The lowest BCUT2D eigenvalue weighted by Gasteiger charge is -2.34. The molecule has 7 heteroatoms. The monoisotopic (exact) mass is 415 g/mol. The van der Waals surface area contributed by atoms with Crippen LogP contribution in [0, 0.1) is 5.82 Å². The molecular formula is C22H26FN3O2S. The lowest BCUT2D eigenvalue weighted by molar-refractivity contribution is -0.117. The molecule has 0 spiro atoms. The molecule has 1 saturated heterocycles. The molecule has 1 aliphatic carbocycles. The van der Waals surface area contributed by atoms with E-state index in [1.165, 1.54) is 41.8 Å². The van der Waals surface area contributed by atoms with Gasteiger partial charge in [0, 0.05) is 36.7 Å². The number of anilines is 1. The van der Waals surface area contributed by atoms with E-state index in [0.29, 0.717) is 31.9 Å². The highest BCUT2D eigenvalue weighted by atomic mass is 32.1. The van der Waals surface area contributed by atoms with Gasteiger partial charge >= 0.3 is 0 Å². The second kappa shape index (κ2) is 9.05. The topological polar surface area (TPSA) is 52.7 Å². The van der Waals surface area contributed by atoms with Crippen molar-refractivity contribution in [1.82, 2.24) is 9.80 Å². The summed E-state index contributed by atoms with van der Waals surface area (Å²) in [4.78, 5) is 31.3. The summed E-state index contributed by atoms with van der Waals surface area (Å²) in [5, 5.41) is 2.78. The summed E-state index contributed by atoms with van der Waals surface area (Å²) >= 11 is 1.67. The van der Waals surface area contributed by atoms with E-state index >= 15 is 0 Å². The molecule has 5 nitrogen and oxygen atoms in total. The second-order valence-corrected chi connectivity index (χ2v) is 8.88. The smallest absolute Gasteiger partial charge is 0.264 e. The number of aryl methyl sites for hydroxylation is 2. The number of halogens is 1. The molecule has 1 fully saturated rings. The number of nitrogens with zero attached hydrogens (tertiary/aromatic N) is 2. The van der Waals surface area contributed by atoms with Crippen LogP contribution >= 0.6 is 11.3 Å². The number of piperazine rings is 1. The summed E-state index contributed by atoms with van der Waals surface area (Å²) in [6.07, 6.45) is 5.91. The molecule has 0 atom stereocenters. The zero-order valence-corrected chi connectivity index (χ0v) is 17.3. The van der Waals surface area contributed by atoms with Gasteiger partial charge in [-0.3, -0.25) is 14.5 Å². The van der Waals surface area contributed by atoms with Gasteiger partial charge in [0.2, 0.25) is 5.91 Å². The molecule has 2 heterocycles. The third-order valence-corrected chi connectivity index (χ3v) is 6.84. The number of rotatable bonds is 4. The molecule has 0 unspecified atom stereocenters. The Bertz CT molecular complexity index is 849. The summed E-state index contributed by atoms with van der Waals surface area (Å²) in [7, 11) is 0. The third-order valence-electron chi connectivity index (χ3n) is 5.61. The number of fused-ring (bicyclic) bond motifs is 1. The Kier molecular flexibility index (Phi) is 6.25. The Hall–Kier alpha value is -2.25. The quantitative estimate of drug-likeness (QED) is 0.777. The van der Waals surface area contributed by atoms with Gasteiger partial charge in [0.25, 0.3) is 5.91 Å². The van der Waals surface area contributed by atoms with E-state index in [0.717, 1.165) is 17.7 Å². The molecule has 4 rings (SSSR count). The highest BCUT2D eigenvalue weighted by Crippen LogP contribution is 2.30. The van der Waals surface area contributed by atoms with Gasteiger partial charge in [0.15, 0.2) is 0 Å². The minimum Gasteiger partial charge on any atom is -0.335 e. The molecule has 1 aromatic carbocycles. The first-order chi connectivity index (χ1) is 14.1. The first-order valence-electron chi connectivity index (χ1n) is 10.3. The Morgan fingerprint density at radius 3 is 2.48 bits per heavy atom. The van der Waals surface area contributed by atoms with Crippen molar-refractivity contribution in [1.29, 1.82) is 0 Å². The molecule has 0 bridgehead atoms. The fourth-order valence-corrected chi connectivity index (χ4v) is 5.20. The number of hydrogen-bond donors (Lipinski definition) is 1. The number of hydrogen-bond acceptors (Lipinski definition) is 4. The van der Waals surface area contributed by atoms with Crippen molar-refractivity contribution >= 4 is 28.8 Å². The van der Waals surface area contributed by atoms with Gasteiger partial charge < -0.3 is 10.2 Å². The van der Waals surface area contributed by atoms with Crippen molar-refractivity contribution in [3.63, 3.8) is 0 Å². The minimum atomic E-state index is -0.328. The average Bonchev–Trinajstić information content (AvgIpc) is 3.00. The van der Waals surface area contributed by atoms with E-state index in [1.807, 2.05) is 9.80 Å². The molecule has 1 N–H and O–H groups in total. The molecule has 29 heavy (non-hydrogen) atoms. The molecule has 154 valence electrons. The fourth-order valence-electron chi connectivity index (χ4n) is 3.97. The zero-order valence-electron chi connectivity index (χ0n) is 16.5. The first-order valence-corrected chi connectivity index (χ1v) is 11.1. The van der Waals surface area contributed by atoms with Gasteiger partial charge in [-0.1, -0.05) is 6.42 Å². The van der Waals surface area contributed by atoms with Crippen LogP contribution in [0.1, 0.15) is 39.4 Å². The van der Waals surface area contributed by atoms with Crippen LogP contribution < -0.4 is 5.32 Å². The lowest BCUT2D eigenvalue weighted by Crippen LogP contribution is -2.50. The van der Waals surface area contributed by atoms with Crippen molar-refractivity contribution in [2.45, 2.75) is 32.1 Å². The molecule has 2 amide bonds.